The Bertz CT molecular complexity index is 809. The van der Waals surface area contributed by atoms with Crippen molar-refractivity contribution < 1.29 is 19.0 Å². The zero-order chi connectivity index (χ0) is 19.4. The van der Waals surface area contributed by atoms with Gasteiger partial charge in [-0.2, -0.15) is 0 Å². The first-order valence-corrected chi connectivity index (χ1v) is 9.71. The molecule has 1 spiro atoms. The van der Waals surface area contributed by atoms with Crippen LogP contribution < -0.4 is 10.1 Å². The minimum absolute atomic E-state index is 0.0665. The molecule has 4 rings (SSSR count). The molecule has 1 N–H and O–H groups in total. The minimum atomic E-state index is -0.485. The number of aromatic nitrogens is 1. The SMILES string of the molecule is CCOc1ccc(Nc2ccnc(C(=O)N3CCC4(CC3)OCCO4)c2)cc1. The molecule has 2 fully saturated rings. The molecule has 3 heterocycles. The van der Waals surface area contributed by atoms with Crippen LogP contribution in [0.4, 0.5) is 11.4 Å². The molecule has 148 valence electrons. The number of benzene rings is 1. The average Bonchev–Trinajstić information content (AvgIpc) is 3.18. The van der Waals surface area contributed by atoms with Gasteiger partial charge in [0.25, 0.3) is 5.91 Å². The summed E-state index contributed by atoms with van der Waals surface area (Å²) in [5.41, 5.74) is 2.17. The van der Waals surface area contributed by atoms with Gasteiger partial charge < -0.3 is 24.4 Å². The predicted octanol–water partition coefficient (Wildman–Crippen LogP) is 3.20. The Balaban J connectivity index is 1.39. The molecule has 2 aromatic rings. The first-order chi connectivity index (χ1) is 13.7. The van der Waals surface area contributed by atoms with Crippen LogP contribution in [0.2, 0.25) is 0 Å². The molecule has 0 bridgehead atoms. The molecule has 1 aromatic heterocycles. The Kier molecular flexibility index (Phi) is 5.45. The van der Waals surface area contributed by atoms with Gasteiger partial charge >= 0.3 is 0 Å². The van der Waals surface area contributed by atoms with Crippen LogP contribution >= 0.6 is 0 Å². The molecule has 0 atom stereocenters. The highest BCUT2D eigenvalue weighted by molar-refractivity contribution is 5.93. The van der Waals surface area contributed by atoms with Crippen molar-refractivity contribution in [3.05, 3.63) is 48.3 Å². The molecule has 0 radical (unpaired) electrons. The summed E-state index contributed by atoms with van der Waals surface area (Å²) in [5.74, 6) is 0.279. The number of carbonyl (C=O) groups is 1. The molecule has 1 aromatic carbocycles. The zero-order valence-electron chi connectivity index (χ0n) is 16.0. The number of nitrogens with zero attached hydrogens (tertiary/aromatic N) is 2. The van der Waals surface area contributed by atoms with E-state index in [4.69, 9.17) is 14.2 Å². The Morgan fingerprint density at radius 2 is 1.86 bits per heavy atom. The van der Waals surface area contributed by atoms with Gasteiger partial charge in [-0.1, -0.05) is 0 Å². The van der Waals surface area contributed by atoms with Crippen LogP contribution in [0.1, 0.15) is 30.3 Å². The number of hydrogen-bond acceptors (Lipinski definition) is 6. The number of ether oxygens (including phenoxy) is 3. The molecule has 7 heteroatoms. The molecule has 0 saturated carbocycles. The maximum absolute atomic E-state index is 12.9. The molecule has 0 unspecified atom stereocenters. The van der Waals surface area contributed by atoms with E-state index in [-0.39, 0.29) is 5.91 Å². The van der Waals surface area contributed by atoms with E-state index in [1.807, 2.05) is 42.2 Å². The van der Waals surface area contributed by atoms with Crippen LogP contribution in [0.25, 0.3) is 0 Å². The van der Waals surface area contributed by atoms with Crippen molar-refractivity contribution in [2.24, 2.45) is 0 Å². The van der Waals surface area contributed by atoms with Gasteiger partial charge in [0.05, 0.1) is 19.8 Å². The quantitative estimate of drug-likeness (QED) is 0.855. The van der Waals surface area contributed by atoms with Crippen molar-refractivity contribution in [3.63, 3.8) is 0 Å². The molecular formula is C21H25N3O4. The normalized spacial score (nSPS) is 18.2. The maximum atomic E-state index is 12.9. The molecule has 2 aliphatic heterocycles. The Hall–Kier alpha value is -2.64. The summed E-state index contributed by atoms with van der Waals surface area (Å²) in [4.78, 5) is 19.0. The average molecular weight is 383 g/mol. The molecule has 2 saturated heterocycles. The van der Waals surface area contributed by atoms with E-state index in [0.29, 0.717) is 51.4 Å². The first-order valence-electron chi connectivity index (χ1n) is 9.71. The third-order valence-corrected chi connectivity index (χ3v) is 5.06. The standard InChI is InChI=1S/C21H25N3O4/c1-2-26-18-5-3-16(4-6-18)23-17-7-10-22-19(15-17)20(25)24-11-8-21(9-12-24)27-13-14-28-21/h3-7,10,15H,2,8-9,11-14H2,1H3,(H,22,23). The number of anilines is 2. The van der Waals surface area contributed by atoms with Crippen LogP contribution in [0, 0.1) is 0 Å². The van der Waals surface area contributed by atoms with Gasteiger partial charge in [0.2, 0.25) is 0 Å². The van der Waals surface area contributed by atoms with Crippen molar-refractivity contribution >= 4 is 17.3 Å². The van der Waals surface area contributed by atoms with E-state index in [1.165, 1.54) is 0 Å². The molecule has 2 aliphatic rings. The Morgan fingerprint density at radius 1 is 1.14 bits per heavy atom. The summed E-state index contributed by atoms with van der Waals surface area (Å²) in [6, 6.07) is 11.3. The second-order valence-corrected chi connectivity index (χ2v) is 6.91. The van der Waals surface area contributed by atoms with E-state index >= 15 is 0 Å². The van der Waals surface area contributed by atoms with Crippen LogP contribution in [-0.4, -0.2) is 54.5 Å². The van der Waals surface area contributed by atoms with Crippen LogP contribution in [0.5, 0.6) is 5.75 Å². The summed E-state index contributed by atoms with van der Waals surface area (Å²) >= 11 is 0. The van der Waals surface area contributed by atoms with Crippen LogP contribution in [0.3, 0.4) is 0 Å². The lowest BCUT2D eigenvalue weighted by molar-refractivity contribution is -0.181. The molecule has 0 aliphatic carbocycles. The minimum Gasteiger partial charge on any atom is -0.494 e. The van der Waals surface area contributed by atoms with Crippen molar-refractivity contribution in [1.82, 2.24) is 9.88 Å². The number of hydrogen-bond donors (Lipinski definition) is 1. The van der Waals surface area contributed by atoms with E-state index in [9.17, 15) is 4.79 Å². The third kappa shape index (κ3) is 4.10. The van der Waals surface area contributed by atoms with Crippen molar-refractivity contribution in [3.8, 4) is 5.75 Å². The first kappa shape index (κ1) is 18.7. The number of nitrogens with one attached hydrogen (secondary N) is 1. The third-order valence-electron chi connectivity index (χ3n) is 5.06. The number of pyridine rings is 1. The van der Waals surface area contributed by atoms with Gasteiger partial charge in [-0.3, -0.25) is 9.78 Å². The van der Waals surface area contributed by atoms with Crippen molar-refractivity contribution in [1.29, 1.82) is 0 Å². The highest BCUT2D eigenvalue weighted by atomic mass is 16.7. The molecule has 1 amide bonds. The predicted molar refractivity (Wildman–Crippen MR) is 105 cm³/mol. The van der Waals surface area contributed by atoms with Crippen LogP contribution in [0.15, 0.2) is 42.6 Å². The van der Waals surface area contributed by atoms with Gasteiger partial charge in [0, 0.05) is 43.5 Å². The summed E-state index contributed by atoms with van der Waals surface area (Å²) in [7, 11) is 0. The van der Waals surface area contributed by atoms with Crippen molar-refractivity contribution in [2.75, 3.05) is 38.2 Å². The lowest BCUT2D eigenvalue weighted by atomic mass is 10.0. The summed E-state index contributed by atoms with van der Waals surface area (Å²) in [6.45, 7) is 5.08. The van der Waals surface area contributed by atoms with Gasteiger partial charge in [0.1, 0.15) is 11.4 Å². The second kappa shape index (κ2) is 8.16. The number of piperidine rings is 1. The summed E-state index contributed by atoms with van der Waals surface area (Å²) in [6.07, 6.45) is 3.05. The van der Waals surface area contributed by atoms with Crippen LogP contribution in [-0.2, 0) is 9.47 Å². The van der Waals surface area contributed by atoms with E-state index < -0.39 is 5.79 Å². The zero-order valence-corrected chi connectivity index (χ0v) is 16.0. The van der Waals surface area contributed by atoms with Gasteiger partial charge in [-0.05, 0) is 43.3 Å². The molecule has 7 nitrogen and oxygen atoms in total. The summed E-state index contributed by atoms with van der Waals surface area (Å²) < 4.78 is 16.9. The summed E-state index contributed by atoms with van der Waals surface area (Å²) in [5, 5.41) is 3.30. The number of carbonyl (C=O) groups excluding carboxylic acids is 1. The number of likely N-dealkylation sites (tertiary alicyclic amines) is 1. The van der Waals surface area contributed by atoms with Gasteiger partial charge in [0.15, 0.2) is 5.79 Å². The Morgan fingerprint density at radius 3 is 2.54 bits per heavy atom. The monoisotopic (exact) mass is 383 g/mol. The number of rotatable bonds is 5. The largest absolute Gasteiger partial charge is 0.494 e. The highest BCUT2D eigenvalue weighted by Crippen LogP contribution is 2.31. The lowest BCUT2D eigenvalue weighted by Crippen LogP contribution is -2.47. The lowest BCUT2D eigenvalue weighted by Gasteiger charge is -2.37. The van der Waals surface area contributed by atoms with E-state index in [0.717, 1.165) is 17.1 Å². The second-order valence-electron chi connectivity index (χ2n) is 6.91. The van der Waals surface area contributed by atoms with Gasteiger partial charge in [-0.25, -0.2) is 0 Å². The fraction of sp³-hybridized carbons (Fsp3) is 0.429. The molecular weight excluding hydrogens is 358 g/mol. The topological polar surface area (TPSA) is 72.9 Å². The maximum Gasteiger partial charge on any atom is 0.272 e. The molecule has 28 heavy (non-hydrogen) atoms. The Labute approximate surface area is 164 Å². The fourth-order valence-electron chi connectivity index (χ4n) is 3.59. The van der Waals surface area contributed by atoms with E-state index in [1.54, 1.807) is 12.3 Å². The van der Waals surface area contributed by atoms with Gasteiger partial charge in [-0.15, -0.1) is 0 Å². The highest BCUT2D eigenvalue weighted by Gasteiger charge is 2.41. The smallest absolute Gasteiger partial charge is 0.272 e. The van der Waals surface area contributed by atoms with Crippen molar-refractivity contribution in [2.45, 2.75) is 25.6 Å². The number of amides is 1. The van der Waals surface area contributed by atoms with E-state index in [2.05, 4.69) is 10.3 Å². The fourth-order valence-corrected chi connectivity index (χ4v) is 3.59.